The summed E-state index contributed by atoms with van der Waals surface area (Å²) < 4.78 is 32.0. The third-order valence-electron chi connectivity index (χ3n) is 5.17. The van der Waals surface area contributed by atoms with Crippen LogP contribution in [-0.2, 0) is 19.6 Å². The maximum Gasteiger partial charge on any atom is 0.337 e. The van der Waals surface area contributed by atoms with E-state index in [1.54, 1.807) is 36.4 Å². The van der Waals surface area contributed by atoms with Gasteiger partial charge in [-0.25, -0.2) is 13.2 Å². The van der Waals surface area contributed by atoms with Crippen LogP contribution in [0.15, 0.2) is 47.4 Å². The summed E-state index contributed by atoms with van der Waals surface area (Å²) in [6.45, 7) is 2.85. The highest BCUT2D eigenvalue weighted by Gasteiger charge is 2.26. The number of rotatable bonds is 7. The first kappa shape index (κ1) is 22.8. The summed E-state index contributed by atoms with van der Waals surface area (Å²) in [7, 11) is -2.26. The molecule has 166 valence electrons. The minimum absolute atomic E-state index is 0.0590. The van der Waals surface area contributed by atoms with Gasteiger partial charge >= 0.3 is 5.97 Å². The van der Waals surface area contributed by atoms with Crippen LogP contribution in [0.5, 0.6) is 0 Å². The fourth-order valence-corrected chi connectivity index (χ4v) is 4.97. The van der Waals surface area contributed by atoms with Gasteiger partial charge in [0.15, 0.2) is 0 Å². The molecule has 1 aliphatic heterocycles. The lowest BCUT2D eigenvalue weighted by Crippen LogP contribution is -2.35. The van der Waals surface area contributed by atoms with Crippen molar-refractivity contribution in [2.75, 3.05) is 37.4 Å². The van der Waals surface area contributed by atoms with Gasteiger partial charge in [0, 0.05) is 24.5 Å². The Morgan fingerprint density at radius 3 is 2.52 bits per heavy atom. The second-order valence-electron chi connectivity index (χ2n) is 7.42. The number of hydrogen-bond donors (Lipinski definition) is 2. The molecule has 1 fully saturated rings. The largest absolute Gasteiger partial charge is 0.465 e. The first-order valence-corrected chi connectivity index (χ1v) is 11.6. The summed E-state index contributed by atoms with van der Waals surface area (Å²) in [5.74, 6) is -0.817. The van der Waals surface area contributed by atoms with Crippen LogP contribution >= 0.6 is 0 Å². The Kier molecular flexibility index (Phi) is 7.29. The second kappa shape index (κ2) is 9.93. The first-order chi connectivity index (χ1) is 14.8. The molecule has 0 aromatic heterocycles. The van der Waals surface area contributed by atoms with Crippen molar-refractivity contribution in [2.24, 2.45) is 0 Å². The van der Waals surface area contributed by atoms with Crippen molar-refractivity contribution in [3.8, 4) is 0 Å². The molecule has 0 aliphatic carbocycles. The molecule has 0 saturated carbocycles. The molecule has 8 nitrogen and oxygen atoms in total. The van der Waals surface area contributed by atoms with Crippen molar-refractivity contribution in [3.63, 3.8) is 0 Å². The number of sulfonamides is 1. The summed E-state index contributed by atoms with van der Waals surface area (Å²) in [6.07, 6.45) is 2.78. The Balaban J connectivity index is 1.67. The van der Waals surface area contributed by atoms with Crippen molar-refractivity contribution >= 4 is 33.3 Å². The van der Waals surface area contributed by atoms with Crippen molar-refractivity contribution in [2.45, 2.75) is 31.1 Å². The molecule has 0 bridgehead atoms. The van der Waals surface area contributed by atoms with Crippen LogP contribution in [0.3, 0.4) is 0 Å². The molecule has 1 saturated heterocycles. The van der Waals surface area contributed by atoms with E-state index in [1.165, 1.54) is 17.5 Å². The highest BCUT2D eigenvalue weighted by Crippen LogP contribution is 2.25. The molecular formula is C22H27N3O5S. The number of ether oxygens (including phenoxy) is 1. The van der Waals surface area contributed by atoms with E-state index in [0.29, 0.717) is 30.0 Å². The van der Waals surface area contributed by atoms with Crippen LogP contribution in [0.25, 0.3) is 0 Å². The number of methoxy groups -OCH3 is 1. The van der Waals surface area contributed by atoms with Crippen LogP contribution in [0, 0.1) is 6.92 Å². The van der Waals surface area contributed by atoms with Gasteiger partial charge in [-0.05, 0) is 55.7 Å². The molecule has 2 aromatic rings. The van der Waals surface area contributed by atoms with E-state index in [9.17, 15) is 18.0 Å². The molecule has 0 spiro atoms. The number of carbonyl (C=O) groups is 2. The number of carbonyl (C=O) groups excluding carboxylic acids is 2. The lowest BCUT2D eigenvalue weighted by molar-refractivity contribution is -0.114. The van der Waals surface area contributed by atoms with E-state index in [1.807, 2.05) is 6.92 Å². The zero-order chi connectivity index (χ0) is 22.4. The first-order valence-electron chi connectivity index (χ1n) is 10.1. The Hall–Kier alpha value is -2.91. The van der Waals surface area contributed by atoms with E-state index in [0.717, 1.165) is 24.8 Å². The molecular weight excluding hydrogens is 418 g/mol. The molecule has 1 aliphatic rings. The highest BCUT2D eigenvalue weighted by atomic mass is 32.2. The Bertz CT molecular complexity index is 1060. The number of hydrogen-bond acceptors (Lipinski definition) is 6. The third-order valence-corrected chi connectivity index (χ3v) is 7.06. The van der Waals surface area contributed by atoms with E-state index < -0.39 is 16.0 Å². The van der Waals surface area contributed by atoms with E-state index in [2.05, 4.69) is 15.4 Å². The molecule has 31 heavy (non-hydrogen) atoms. The maximum absolute atomic E-state index is 12.9. The van der Waals surface area contributed by atoms with Crippen molar-refractivity contribution in [3.05, 3.63) is 53.6 Å². The van der Waals surface area contributed by atoms with Crippen LogP contribution in [0.1, 0.15) is 35.2 Å². The van der Waals surface area contributed by atoms with Gasteiger partial charge in [-0.15, -0.1) is 0 Å². The predicted octanol–water partition coefficient (Wildman–Crippen LogP) is 3.01. The quantitative estimate of drug-likeness (QED) is 0.635. The lowest BCUT2D eigenvalue weighted by atomic mass is 10.2. The third kappa shape index (κ3) is 5.62. The molecule has 3 rings (SSSR count). The Morgan fingerprint density at radius 2 is 1.81 bits per heavy atom. The normalized spacial score (nSPS) is 14.6. The molecule has 1 heterocycles. The summed E-state index contributed by atoms with van der Waals surface area (Å²) >= 11 is 0. The average molecular weight is 446 g/mol. The van der Waals surface area contributed by atoms with E-state index >= 15 is 0 Å². The van der Waals surface area contributed by atoms with Gasteiger partial charge in [0.1, 0.15) is 0 Å². The number of amides is 1. The fraction of sp³-hybridized carbons (Fsp3) is 0.364. The molecule has 1 amide bonds. The summed E-state index contributed by atoms with van der Waals surface area (Å²) in [5.41, 5.74) is 2.21. The van der Waals surface area contributed by atoms with Crippen LogP contribution < -0.4 is 10.6 Å². The summed E-state index contributed by atoms with van der Waals surface area (Å²) in [6, 6.07) is 11.3. The van der Waals surface area contributed by atoms with Gasteiger partial charge in [0.2, 0.25) is 15.9 Å². The molecule has 9 heteroatoms. The van der Waals surface area contributed by atoms with Gasteiger partial charge in [-0.1, -0.05) is 18.6 Å². The van der Waals surface area contributed by atoms with Crippen molar-refractivity contribution < 1.29 is 22.7 Å². The Morgan fingerprint density at radius 1 is 1.06 bits per heavy atom. The molecule has 0 unspecified atom stereocenters. The number of piperidine rings is 1. The van der Waals surface area contributed by atoms with Gasteiger partial charge in [-0.3, -0.25) is 4.79 Å². The smallest absolute Gasteiger partial charge is 0.337 e. The number of nitrogens with one attached hydrogen (secondary N) is 2. The van der Waals surface area contributed by atoms with Crippen molar-refractivity contribution in [1.82, 2.24) is 4.31 Å². The topological polar surface area (TPSA) is 105 Å². The standard InChI is InChI=1S/C22H27N3O5S/c1-16-9-10-19(31(28,29)25-11-4-3-5-12-25)14-20(16)23-15-21(26)24-18-8-6-7-17(13-18)22(27)30-2/h6-10,13-14,23H,3-5,11-12,15H2,1-2H3,(H,24,26). The van der Waals surface area contributed by atoms with Crippen LogP contribution in [0.4, 0.5) is 11.4 Å². The number of benzene rings is 2. The molecule has 0 atom stereocenters. The zero-order valence-electron chi connectivity index (χ0n) is 17.7. The molecule has 0 radical (unpaired) electrons. The second-order valence-corrected chi connectivity index (χ2v) is 9.35. The zero-order valence-corrected chi connectivity index (χ0v) is 18.5. The van der Waals surface area contributed by atoms with Crippen molar-refractivity contribution in [1.29, 1.82) is 0 Å². The number of anilines is 2. The maximum atomic E-state index is 12.9. The Labute approximate surface area is 182 Å². The van der Waals surface area contributed by atoms with Gasteiger partial charge < -0.3 is 15.4 Å². The number of esters is 1. The lowest BCUT2D eigenvalue weighted by Gasteiger charge is -2.26. The fourth-order valence-electron chi connectivity index (χ4n) is 3.43. The van der Waals surface area contributed by atoms with E-state index in [-0.39, 0.29) is 17.3 Å². The number of nitrogens with zero attached hydrogens (tertiary/aromatic N) is 1. The van der Waals surface area contributed by atoms with Crippen LogP contribution in [0.2, 0.25) is 0 Å². The SMILES string of the molecule is COC(=O)c1cccc(NC(=O)CNc2cc(S(=O)(=O)N3CCCCC3)ccc2C)c1. The van der Waals surface area contributed by atoms with Gasteiger partial charge in [-0.2, -0.15) is 4.31 Å². The number of aryl methyl sites for hydroxylation is 1. The monoisotopic (exact) mass is 445 g/mol. The molecule has 2 N–H and O–H groups in total. The minimum Gasteiger partial charge on any atom is -0.465 e. The molecule has 2 aromatic carbocycles. The van der Waals surface area contributed by atoms with E-state index in [4.69, 9.17) is 0 Å². The van der Waals surface area contributed by atoms with Gasteiger partial charge in [0.25, 0.3) is 0 Å². The van der Waals surface area contributed by atoms with Gasteiger partial charge in [0.05, 0.1) is 24.1 Å². The van der Waals surface area contributed by atoms with Crippen LogP contribution in [-0.4, -0.2) is 51.3 Å². The predicted molar refractivity (Wildman–Crippen MR) is 119 cm³/mol. The highest BCUT2D eigenvalue weighted by molar-refractivity contribution is 7.89. The average Bonchev–Trinajstić information content (AvgIpc) is 2.78. The summed E-state index contributed by atoms with van der Waals surface area (Å²) in [4.78, 5) is 24.2. The summed E-state index contributed by atoms with van der Waals surface area (Å²) in [5, 5.41) is 5.72. The minimum atomic E-state index is -3.55.